The number of likely N-dealkylation sites (N-methyl/N-ethyl adjacent to an activating group) is 1. The van der Waals surface area contributed by atoms with Crippen LogP contribution in [0.25, 0.3) is 0 Å². The molecule has 3 aliphatic rings. The van der Waals surface area contributed by atoms with Crippen molar-refractivity contribution in [3.63, 3.8) is 0 Å². The van der Waals surface area contributed by atoms with Crippen LogP contribution in [0.2, 0.25) is 0 Å². The molecule has 180 valence electrons. The maximum atomic E-state index is 13.2. The summed E-state index contributed by atoms with van der Waals surface area (Å²) in [5.41, 5.74) is -1.04. The van der Waals surface area contributed by atoms with E-state index >= 15 is 0 Å². The summed E-state index contributed by atoms with van der Waals surface area (Å²) in [6.07, 6.45) is -0.668. The van der Waals surface area contributed by atoms with E-state index in [0.717, 1.165) is 0 Å². The summed E-state index contributed by atoms with van der Waals surface area (Å²) in [5.74, 6) is -1.30. The molecule has 2 fully saturated rings. The van der Waals surface area contributed by atoms with E-state index in [9.17, 15) is 14.4 Å². The first-order valence-corrected chi connectivity index (χ1v) is 12.3. The van der Waals surface area contributed by atoms with Gasteiger partial charge in [0.1, 0.15) is 5.54 Å². The summed E-state index contributed by atoms with van der Waals surface area (Å²) in [6.45, 7) is 12.5. The quantitative estimate of drug-likeness (QED) is 0.415. The Kier molecular flexibility index (Phi) is 6.38. The number of hydrogen-bond acceptors (Lipinski definition) is 6. The SMILES string of the molecule is [2H]C([2H])(C)[C@H]1C(S[C@@H]2CN[C@](C)(C(=O)N(C)CC)C2(C)C)=C(C=O)N2C(=O)[C@H]([C@@H](CC)OC)[C@@H]12. The van der Waals surface area contributed by atoms with Crippen LogP contribution in [0.4, 0.5) is 0 Å². The van der Waals surface area contributed by atoms with Crippen LogP contribution in [-0.4, -0.2) is 78.1 Å². The number of ether oxygens (including phenoxy) is 1. The second-order valence-electron chi connectivity index (χ2n) is 9.69. The molecule has 0 aliphatic carbocycles. The minimum Gasteiger partial charge on any atom is -0.381 e. The summed E-state index contributed by atoms with van der Waals surface area (Å²) in [4.78, 5) is 42.4. The van der Waals surface area contributed by atoms with Gasteiger partial charge < -0.3 is 19.9 Å². The topological polar surface area (TPSA) is 79.0 Å². The Morgan fingerprint density at radius 3 is 2.56 bits per heavy atom. The zero-order valence-electron chi connectivity index (χ0n) is 22.5. The molecule has 7 nitrogen and oxygen atoms in total. The van der Waals surface area contributed by atoms with E-state index in [1.54, 1.807) is 19.1 Å². The molecule has 32 heavy (non-hydrogen) atoms. The summed E-state index contributed by atoms with van der Waals surface area (Å²) >= 11 is 1.45. The van der Waals surface area contributed by atoms with Gasteiger partial charge in [-0.3, -0.25) is 14.4 Å². The number of rotatable bonds is 9. The molecule has 0 aromatic rings. The van der Waals surface area contributed by atoms with E-state index in [2.05, 4.69) is 5.32 Å². The first-order chi connectivity index (χ1) is 15.7. The second-order valence-corrected chi connectivity index (χ2v) is 10.9. The number of carbonyl (C=O) groups excluding carboxylic acids is 3. The Balaban J connectivity index is 1.99. The number of thioether (sulfide) groups is 1. The lowest BCUT2D eigenvalue weighted by atomic mass is 9.73. The largest absolute Gasteiger partial charge is 0.381 e. The van der Waals surface area contributed by atoms with Crippen LogP contribution in [0.5, 0.6) is 0 Å². The van der Waals surface area contributed by atoms with Gasteiger partial charge in [0, 0.05) is 51.5 Å². The maximum Gasteiger partial charge on any atom is 0.242 e. The maximum absolute atomic E-state index is 13.2. The molecule has 3 aliphatic heterocycles. The molecule has 0 aromatic heterocycles. The number of fused-ring (bicyclic) bond motifs is 1. The van der Waals surface area contributed by atoms with Gasteiger partial charge in [-0.1, -0.05) is 27.7 Å². The van der Waals surface area contributed by atoms with Crippen LogP contribution in [0.3, 0.4) is 0 Å². The van der Waals surface area contributed by atoms with Gasteiger partial charge in [0.25, 0.3) is 0 Å². The summed E-state index contributed by atoms with van der Waals surface area (Å²) < 4.78 is 22.8. The first-order valence-electron chi connectivity index (χ1n) is 12.4. The second kappa shape index (κ2) is 9.11. The van der Waals surface area contributed by atoms with Gasteiger partial charge in [-0.25, -0.2) is 0 Å². The third-order valence-corrected chi connectivity index (χ3v) is 9.86. The molecule has 0 radical (unpaired) electrons. The fraction of sp³-hybridized carbons (Fsp3) is 0.792. The number of allylic oxidation sites excluding steroid dienone is 1. The Labute approximate surface area is 199 Å². The number of carbonyl (C=O) groups is 3. The number of nitrogens with zero attached hydrogens (tertiary/aromatic N) is 2. The molecule has 1 N–H and O–H groups in total. The Morgan fingerprint density at radius 2 is 2.06 bits per heavy atom. The van der Waals surface area contributed by atoms with Crippen LogP contribution in [0, 0.1) is 17.3 Å². The van der Waals surface area contributed by atoms with Crippen LogP contribution < -0.4 is 5.32 Å². The average molecular weight is 468 g/mol. The zero-order chi connectivity index (χ0) is 25.8. The molecular weight excluding hydrogens is 426 g/mol. The van der Waals surface area contributed by atoms with Gasteiger partial charge in [-0.15, -0.1) is 11.8 Å². The fourth-order valence-corrected chi connectivity index (χ4v) is 7.09. The van der Waals surface area contributed by atoms with Gasteiger partial charge in [-0.2, -0.15) is 0 Å². The van der Waals surface area contributed by atoms with Crippen molar-refractivity contribution in [2.75, 3.05) is 27.2 Å². The highest BCUT2D eigenvalue weighted by molar-refractivity contribution is 8.03. The molecule has 0 unspecified atom stereocenters. The van der Waals surface area contributed by atoms with Gasteiger partial charge in [0.15, 0.2) is 6.29 Å². The molecule has 3 rings (SSSR count). The molecule has 0 spiro atoms. The summed E-state index contributed by atoms with van der Waals surface area (Å²) in [5, 5.41) is 3.32. The number of β-lactam (4-membered cyclic amide) rings is 1. The highest BCUT2D eigenvalue weighted by Crippen LogP contribution is 2.56. The number of hydrogen-bond donors (Lipinski definition) is 1. The predicted octanol–water partition coefficient (Wildman–Crippen LogP) is 2.66. The van der Waals surface area contributed by atoms with E-state index in [-0.39, 0.29) is 28.9 Å². The molecule has 8 heteroatoms. The van der Waals surface area contributed by atoms with Gasteiger partial charge in [0.2, 0.25) is 11.8 Å². The normalized spacial score (nSPS) is 35.8. The lowest BCUT2D eigenvalue weighted by Crippen LogP contribution is -2.64. The van der Waals surface area contributed by atoms with Crippen molar-refractivity contribution in [1.82, 2.24) is 15.1 Å². The summed E-state index contributed by atoms with van der Waals surface area (Å²) in [6, 6.07) is -0.447. The Morgan fingerprint density at radius 1 is 1.41 bits per heavy atom. The Bertz CT molecular complexity index is 886. The van der Waals surface area contributed by atoms with Crippen molar-refractivity contribution < 1.29 is 21.9 Å². The lowest BCUT2D eigenvalue weighted by molar-refractivity contribution is -0.163. The van der Waals surface area contributed by atoms with Crippen molar-refractivity contribution in [3.8, 4) is 0 Å². The minimum atomic E-state index is -1.65. The van der Waals surface area contributed by atoms with E-state index < -0.39 is 35.2 Å². The van der Waals surface area contributed by atoms with Gasteiger partial charge in [0.05, 0.1) is 23.8 Å². The fourth-order valence-electron chi connectivity index (χ4n) is 5.42. The molecule has 2 saturated heterocycles. The van der Waals surface area contributed by atoms with E-state index in [1.807, 2.05) is 34.6 Å². The molecule has 0 saturated carbocycles. The standard InChI is InChI=1S/C24H39N3O4S/c1-9-14-19-18(16(10-2)31-8)21(29)27(19)15(13-28)20(14)32-17-12-25-24(6,23(17,4)5)22(30)26(7)11-3/h13-14,16-19,25H,9-12H2,1-8H3/t14-,16-,17-,18-,19-,24-/m1/s1/i9D2. The number of nitrogens with one attached hydrogen (secondary N) is 1. The van der Waals surface area contributed by atoms with Crippen molar-refractivity contribution >= 4 is 29.9 Å². The highest BCUT2D eigenvalue weighted by Gasteiger charge is 2.62. The van der Waals surface area contributed by atoms with Crippen LogP contribution in [0.1, 0.15) is 57.1 Å². The van der Waals surface area contributed by atoms with E-state index in [4.69, 9.17) is 7.48 Å². The number of methoxy groups -OCH3 is 1. The average Bonchev–Trinajstić information content (AvgIpc) is 3.20. The lowest BCUT2D eigenvalue weighted by Gasteiger charge is -2.48. The van der Waals surface area contributed by atoms with Crippen molar-refractivity contribution in [3.05, 3.63) is 10.6 Å². The number of amides is 2. The van der Waals surface area contributed by atoms with Crippen LogP contribution in [0.15, 0.2) is 10.6 Å². The highest BCUT2D eigenvalue weighted by atomic mass is 32.2. The van der Waals surface area contributed by atoms with Crippen LogP contribution >= 0.6 is 11.8 Å². The smallest absolute Gasteiger partial charge is 0.242 e. The minimum absolute atomic E-state index is 0.00595. The molecular formula is C24H39N3O4S. The first kappa shape index (κ1) is 22.4. The van der Waals surface area contributed by atoms with E-state index in [1.165, 1.54) is 23.6 Å². The number of aldehydes is 1. The third kappa shape index (κ3) is 3.44. The van der Waals surface area contributed by atoms with Crippen molar-refractivity contribution in [2.24, 2.45) is 17.3 Å². The molecule has 2 amide bonds. The Hall–Kier alpha value is -1.38. The summed E-state index contributed by atoms with van der Waals surface area (Å²) in [7, 11) is 3.35. The van der Waals surface area contributed by atoms with E-state index in [0.29, 0.717) is 30.7 Å². The molecule has 6 atom stereocenters. The van der Waals surface area contributed by atoms with Gasteiger partial charge in [-0.05, 0) is 26.6 Å². The van der Waals surface area contributed by atoms with Crippen molar-refractivity contribution in [1.29, 1.82) is 0 Å². The third-order valence-electron chi connectivity index (χ3n) is 8.11. The monoisotopic (exact) mass is 467 g/mol. The molecule has 3 heterocycles. The van der Waals surface area contributed by atoms with Crippen molar-refractivity contribution in [2.45, 2.75) is 77.3 Å². The zero-order valence-corrected chi connectivity index (χ0v) is 21.3. The van der Waals surface area contributed by atoms with Gasteiger partial charge >= 0.3 is 0 Å². The molecule has 0 aromatic carbocycles. The predicted molar refractivity (Wildman–Crippen MR) is 127 cm³/mol. The molecule has 0 bridgehead atoms. The van der Waals surface area contributed by atoms with Crippen LogP contribution in [-0.2, 0) is 19.1 Å².